The van der Waals surface area contributed by atoms with Gasteiger partial charge in [-0.15, -0.1) is 11.8 Å². The number of aliphatic imine (C=N–C) groups is 1. The average molecular weight is 590 g/mol. The molecule has 3 aromatic carbocycles. The standard InChI is InChI=1S/C34H39NO6S/c1-32(2,3)19-14-22(33(4,5)6)28-23(15-19)35-31-21-16-24(36)26(42-10)12-11-20(21)27-18(17-34(31,37)41-28)13-25(38-7)29(39-8)30(27)40-9/h11-16,37H,17H2,1-10H3. The summed E-state index contributed by atoms with van der Waals surface area (Å²) in [6, 6.07) is 11.2. The van der Waals surface area contributed by atoms with E-state index in [9.17, 15) is 9.90 Å². The first kappa shape index (κ1) is 30.0. The highest BCUT2D eigenvalue weighted by Crippen LogP contribution is 2.53. The van der Waals surface area contributed by atoms with Gasteiger partial charge in [-0.05, 0) is 58.0 Å². The van der Waals surface area contributed by atoms with Crippen LogP contribution in [0.3, 0.4) is 0 Å². The fourth-order valence-corrected chi connectivity index (χ4v) is 6.17. The Labute approximate surface area is 251 Å². The van der Waals surface area contributed by atoms with Crippen LogP contribution >= 0.6 is 11.8 Å². The lowest BCUT2D eigenvalue weighted by atomic mass is 9.79. The van der Waals surface area contributed by atoms with E-state index >= 15 is 0 Å². The minimum absolute atomic E-state index is 0.0316. The minimum atomic E-state index is -1.89. The summed E-state index contributed by atoms with van der Waals surface area (Å²) in [6.45, 7) is 12.8. The summed E-state index contributed by atoms with van der Waals surface area (Å²) < 4.78 is 24.0. The Balaban J connectivity index is 1.95. The molecule has 7 nitrogen and oxygen atoms in total. The smallest absolute Gasteiger partial charge is 0.256 e. The molecule has 0 aromatic heterocycles. The van der Waals surface area contributed by atoms with Gasteiger partial charge in [0.15, 0.2) is 22.7 Å². The summed E-state index contributed by atoms with van der Waals surface area (Å²) >= 11 is 1.36. The van der Waals surface area contributed by atoms with Crippen molar-refractivity contribution in [1.82, 2.24) is 0 Å². The van der Waals surface area contributed by atoms with Crippen LogP contribution < -0.4 is 24.4 Å². The predicted octanol–water partition coefficient (Wildman–Crippen LogP) is 6.81. The normalized spacial score (nSPS) is 17.5. The van der Waals surface area contributed by atoms with Crippen molar-refractivity contribution < 1.29 is 24.1 Å². The number of ether oxygens (including phenoxy) is 4. The number of aliphatic hydroxyl groups is 1. The molecule has 1 aliphatic carbocycles. The number of rotatable bonds is 4. The summed E-state index contributed by atoms with van der Waals surface area (Å²) in [4.78, 5) is 19.1. The molecule has 8 heteroatoms. The lowest BCUT2D eigenvalue weighted by Crippen LogP contribution is -2.48. The van der Waals surface area contributed by atoms with Crippen molar-refractivity contribution in [2.24, 2.45) is 4.99 Å². The molecular weight excluding hydrogens is 550 g/mol. The molecule has 0 amide bonds. The number of hydrogen-bond acceptors (Lipinski definition) is 8. The highest BCUT2D eigenvalue weighted by atomic mass is 32.2. The van der Waals surface area contributed by atoms with Crippen LogP contribution in [0.1, 0.15) is 63.8 Å². The van der Waals surface area contributed by atoms with Crippen molar-refractivity contribution >= 4 is 23.2 Å². The molecular formula is C34H39NO6S. The average Bonchev–Trinajstić information content (AvgIpc) is 3.13. The largest absolute Gasteiger partial charge is 0.493 e. The second-order valence-corrected chi connectivity index (χ2v) is 13.7. The van der Waals surface area contributed by atoms with E-state index in [-0.39, 0.29) is 28.4 Å². The molecule has 1 atom stereocenters. The zero-order chi connectivity index (χ0) is 30.8. The van der Waals surface area contributed by atoms with Crippen LogP contribution in [-0.2, 0) is 17.3 Å². The maximum atomic E-state index is 13.4. The molecule has 1 N–H and O–H groups in total. The summed E-state index contributed by atoms with van der Waals surface area (Å²) in [5, 5.41) is 12.5. The molecule has 5 rings (SSSR count). The Morgan fingerprint density at radius 1 is 0.905 bits per heavy atom. The van der Waals surface area contributed by atoms with Gasteiger partial charge in [-0.2, -0.15) is 0 Å². The molecule has 2 aliphatic rings. The SMILES string of the molecule is COc1cc2c(c(OC)c1OC)-c1ccc(SC)c(=O)cc1C1=Nc3cc(C(C)(C)C)cc(C(C)(C)C)c3OC1(O)C2. The number of nitrogens with zero attached hydrogens (tertiary/aromatic N) is 1. The van der Waals surface area contributed by atoms with Gasteiger partial charge in [0.25, 0.3) is 5.79 Å². The lowest BCUT2D eigenvalue weighted by molar-refractivity contribution is -0.0762. The highest BCUT2D eigenvalue weighted by molar-refractivity contribution is 7.98. The Morgan fingerprint density at radius 2 is 1.60 bits per heavy atom. The number of methoxy groups -OCH3 is 3. The first-order chi connectivity index (χ1) is 19.7. The molecule has 0 fully saturated rings. The highest BCUT2D eigenvalue weighted by Gasteiger charge is 2.47. The molecule has 0 radical (unpaired) electrons. The van der Waals surface area contributed by atoms with Gasteiger partial charge in [0.1, 0.15) is 11.4 Å². The quantitative estimate of drug-likeness (QED) is 0.335. The lowest BCUT2D eigenvalue weighted by Gasteiger charge is -2.37. The number of fused-ring (bicyclic) bond motifs is 6. The van der Waals surface area contributed by atoms with Gasteiger partial charge in [0, 0.05) is 23.1 Å². The zero-order valence-corrected chi connectivity index (χ0v) is 26.8. The van der Waals surface area contributed by atoms with E-state index in [4.69, 9.17) is 23.9 Å². The Hall–Kier alpha value is -3.49. The third kappa shape index (κ3) is 4.84. The van der Waals surface area contributed by atoms with Crippen LogP contribution in [-0.4, -0.2) is 44.2 Å². The Morgan fingerprint density at radius 3 is 2.17 bits per heavy atom. The number of hydrogen-bond donors (Lipinski definition) is 1. The van der Waals surface area contributed by atoms with Gasteiger partial charge in [-0.25, -0.2) is 4.99 Å². The minimum Gasteiger partial charge on any atom is -0.493 e. The van der Waals surface area contributed by atoms with Crippen LogP contribution in [0.5, 0.6) is 23.0 Å². The molecule has 0 spiro atoms. The second-order valence-electron chi connectivity index (χ2n) is 12.8. The van der Waals surface area contributed by atoms with Crippen molar-refractivity contribution in [3.63, 3.8) is 0 Å². The van der Waals surface area contributed by atoms with Gasteiger partial charge in [-0.3, -0.25) is 4.79 Å². The third-order valence-electron chi connectivity index (χ3n) is 7.91. The van der Waals surface area contributed by atoms with Crippen LogP contribution in [0.2, 0.25) is 0 Å². The van der Waals surface area contributed by atoms with Crippen molar-refractivity contribution in [3.05, 3.63) is 68.9 Å². The molecule has 0 saturated heterocycles. The Kier molecular flexibility index (Phi) is 7.39. The maximum Gasteiger partial charge on any atom is 0.256 e. The van der Waals surface area contributed by atoms with Crippen LogP contribution in [0.15, 0.2) is 51.1 Å². The molecule has 1 aliphatic heterocycles. The monoisotopic (exact) mass is 589 g/mol. The molecule has 3 aromatic rings. The van der Waals surface area contributed by atoms with Crippen molar-refractivity contribution in [2.45, 2.75) is 69.5 Å². The molecule has 0 saturated carbocycles. The molecule has 222 valence electrons. The van der Waals surface area contributed by atoms with E-state index in [2.05, 4.69) is 47.6 Å². The van der Waals surface area contributed by atoms with E-state index < -0.39 is 5.79 Å². The number of thioether (sulfide) groups is 1. The summed E-state index contributed by atoms with van der Waals surface area (Å²) in [5.41, 5.74) is 4.84. The molecule has 1 heterocycles. The molecule has 0 bridgehead atoms. The first-order valence-corrected chi connectivity index (χ1v) is 15.1. The number of benzene rings is 2. The Bertz CT molecular complexity index is 1680. The van der Waals surface area contributed by atoms with E-state index in [0.29, 0.717) is 55.8 Å². The van der Waals surface area contributed by atoms with E-state index in [1.165, 1.54) is 11.8 Å². The van der Waals surface area contributed by atoms with Gasteiger partial charge in [0.2, 0.25) is 5.75 Å². The second kappa shape index (κ2) is 10.3. The molecule has 1 unspecified atom stereocenters. The summed E-state index contributed by atoms with van der Waals surface area (Å²) in [6.07, 6.45) is 1.89. The van der Waals surface area contributed by atoms with Crippen molar-refractivity contribution in [1.29, 1.82) is 0 Å². The fourth-order valence-electron chi connectivity index (χ4n) is 5.70. The van der Waals surface area contributed by atoms with Crippen LogP contribution in [0.25, 0.3) is 11.1 Å². The van der Waals surface area contributed by atoms with Gasteiger partial charge >= 0.3 is 0 Å². The summed E-state index contributed by atoms with van der Waals surface area (Å²) in [5.74, 6) is -0.0535. The molecule has 42 heavy (non-hydrogen) atoms. The van der Waals surface area contributed by atoms with Gasteiger partial charge < -0.3 is 24.1 Å². The van der Waals surface area contributed by atoms with E-state index in [1.807, 2.05) is 24.5 Å². The van der Waals surface area contributed by atoms with E-state index in [0.717, 1.165) is 11.1 Å². The first-order valence-electron chi connectivity index (χ1n) is 13.9. The van der Waals surface area contributed by atoms with Crippen molar-refractivity contribution in [2.75, 3.05) is 27.6 Å². The van der Waals surface area contributed by atoms with Crippen LogP contribution in [0, 0.1) is 0 Å². The predicted molar refractivity (Wildman–Crippen MR) is 169 cm³/mol. The van der Waals surface area contributed by atoms with Gasteiger partial charge in [0.05, 0.1) is 26.2 Å². The topological polar surface area (TPSA) is 86.6 Å². The van der Waals surface area contributed by atoms with Gasteiger partial charge in [-0.1, -0.05) is 53.7 Å². The van der Waals surface area contributed by atoms with E-state index in [1.54, 1.807) is 33.5 Å². The van der Waals surface area contributed by atoms with Crippen molar-refractivity contribution in [3.8, 4) is 34.1 Å². The fraction of sp³-hybridized carbons (Fsp3) is 0.412. The zero-order valence-electron chi connectivity index (χ0n) is 26.0. The summed E-state index contributed by atoms with van der Waals surface area (Å²) in [7, 11) is 4.67. The third-order valence-corrected chi connectivity index (χ3v) is 8.69. The maximum absolute atomic E-state index is 13.4. The van der Waals surface area contributed by atoms with Crippen LogP contribution in [0.4, 0.5) is 5.69 Å².